The number of aromatic nitrogens is 1. The summed E-state index contributed by atoms with van der Waals surface area (Å²) in [4.78, 5) is 54.3. The van der Waals surface area contributed by atoms with Crippen molar-refractivity contribution in [2.24, 2.45) is 5.11 Å². The van der Waals surface area contributed by atoms with E-state index in [9.17, 15) is 19.2 Å². The Balaban J connectivity index is 1.10. The van der Waals surface area contributed by atoms with Crippen LogP contribution in [0.3, 0.4) is 0 Å². The molecule has 218 valence electrons. The molecule has 2 aliphatic heterocycles. The standard InChI is InChI=1S/C24H35N9O4S3/c25-33-30-14-17-6-5-16(13-29-17)23(36)28-9-8-26-21(35)7-11-39-40-12-10-27-20(34)4-2-1-3-19-22-18(15-38-19)31-24(37)32-22/h5-6,13,18-19,22H,1-4,7-12,14-15H2,(H,26,35)(H,27,34)(H,28,36)(H2,31,32,37). The number of azide groups is 1. The van der Waals surface area contributed by atoms with Gasteiger partial charge < -0.3 is 26.6 Å². The van der Waals surface area contributed by atoms with Crippen molar-refractivity contribution in [3.05, 3.63) is 40.0 Å². The molecule has 16 heteroatoms. The van der Waals surface area contributed by atoms with E-state index in [1.807, 2.05) is 11.8 Å². The fraction of sp³-hybridized carbons (Fsp3) is 0.625. The zero-order chi connectivity index (χ0) is 28.6. The fourth-order valence-electron chi connectivity index (χ4n) is 4.17. The maximum absolute atomic E-state index is 12.1. The normalized spacial score (nSPS) is 19.1. The van der Waals surface area contributed by atoms with Crippen LogP contribution in [-0.4, -0.2) is 83.0 Å². The number of nitrogens with one attached hydrogen (secondary N) is 5. The number of thioether (sulfide) groups is 1. The number of pyridine rings is 1. The fourth-order valence-corrected chi connectivity index (χ4v) is 7.61. The molecule has 0 aromatic carbocycles. The second kappa shape index (κ2) is 17.8. The van der Waals surface area contributed by atoms with Crippen molar-refractivity contribution in [1.29, 1.82) is 0 Å². The van der Waals surface area contributed by atoms with E-state index in [1.165, 1.54) is 6.20 Å². The van der Waals surface area contributed by atoms with E-state index >= 15 is 0 Å². The lowest BCUT2D eigenvalue weighted by molar-refractivity contribution is -0.121. The molecule has 3 rings (SSSR count). The van der Waals surface area contributed by atoms with Crippen LogP contribution in [0.15, 0.2) is 23.4 Å². The van der Waals surface area contributed by atoms with E-state index in [-0.39, 0.29) is 42.4 Å². The van der Waals surface area contributed by atoms with Gasteiger partial charge in [-0.3, -0.25) is 19.4 Å². The Hall–Kier alpha value is -2.81. The average Bonchev–Trinajstić information content (AvgIpc) is 3.51. The van der Waals surface area contributed by atoms with E-state index in [1.54, 1.807) is 33.7 Å². The second-order valence-electron chi connectivity index (χ2n) is 9.14. The molecular formula is C24H35N9O4S3. The first-order valence-corrected chi connectivity index (χ1v) is 16.7. The summed E-state index contributed by atoms with van der Waals surface area (Å²) in [5.74, 6) is 2.05. The quantitative estimate of drug-likeness (QED) is 0.0418. The van der Waals surface area contributed by atoms with Gasteiger partial charge in [-0.15, -0.1) is 0 Å². The summed E-state index contributed by atoms with van der Waals surface area (Å²) in [5.41, 5.74) is 9.28. The molecule has 2 saturated heterocycles. The third kappa shape index (κ3) is 11.4. The lowest BCUT2D eigenvalue weighted by Crippen LogP contribution is -2.36. The minimum Gasteiger partial charge on any atom is -0.355 e. The summed E-state index contributed by atoms with van der Waals surface area (Å²) in [5, 5.41) is 18.2. The Morgan fingerprint density at radius 3 is 2.62 bits per heavy atom. The zero-order valence-corrected chi connectivity index (χ0v) is 24.5. The number of hydrogen-bond donors (Lipinski definition) is 5. The summed E-state index contributed by atoms with van der Waals surface area (Å²) in [6.07, 6.45) is 5.11. The highest BCUT2D eigenvalue weighted by molar-refractivity contribution is 8.76. The summed E-state index contributed by atoms with van der Waals surface area (Å²) in [7, 11) is 3.21. The molecule has 0 aliphatic carbocycles. The SMILES string of the molecule is [N-]=[N+]=NCc1ccc(C(=O)NCCNC(=O)CCSSCCNC(=O)CCCCC2SCC3NC(=O)NC32)cn1. The van der Waals surface area contributed by atoms with Crippen LogP contribution in [0.4, 0.5) is 4.79 Å². The van der Waals surface area contributed by atoms with E-state index in [0.29, 0.717) is 54.7 Å². The van der Waals surface area contributed by atoms with Gasteiger partial charge >= 0.3 is 6.03 Å². The van der Waals surface area contributed by atoms with Gasteiger partial charge in [0.2, 0.25) is 11.8 Å². The van der Waals surface area contributed by atoms with Crippen LogP contribution in [0.25, 0.3) is 10.4 Å². The number of nitrogens with zero attached hydrogens (tertiary/aromatic N) is 4. The lowest BCUT2D eigenvalue weighted by atomic mass is 10.0. The van der Waals surface area contributed by atoms with Crippen LogP contribution >= 0.6 is 33.3 Å². The first kappa shape index (κ1) is 31.7. The van der Waals surface area contributed by atoms with Gasteiger partial charge in [-0.1, -0.05) is 33.1 Å². The lowest BCUT2D eigenvalue weighted by Gasteiger charge is -2.16. The number of amides is 5. The molecule has 5 N–H and O–H groups in total. The molecule has 2 aliphatic rings. The van der Waals surface area contributed by atoms with Crippen LogP contribution < -0.4 is 26.6 Å². The number of hydrogen-bond acceptors (Lipinski definition) is 9. The smallest absolute Gasteiger partial charge is 0.315 e. The molecule has 0 radical (unpaired) electrons. The van der Waals surface area contributed by atoms with Gasteiger partial charge in [0.15, 0.2) is 0 Å². The van der Waals surface area contributed by atoms with Crippen molar-refractivity contribution in [1.82, 2.24) is 31.6 Å². The highest BCUT2D eigenvalue weighted by atomic mass is 33.1. The number of rotatable bonds is 18. The first-order valence-electron chi connectivity index (χ1n) is 13.2. The molecule has 1 aromatic rings. The first-order chi connectivity index (χ1) is 19.5. The molecule has 0 bridgehead atoms. The van der Waals surface area contributed by atoms with Crippen LogP contribution in [0.1, 0.15) is 48.2 Å². The van der Waals surface area contributed by atoms with Crippen LogP contribution in [0.5, 0.6) is 0 Å². The predicted octanol–water partition coefficient (Wildman–Crippen LogP) is 2.35. The Kier molecular flexibility index (Phi) is 14.1. The second-order valence-corrected chi connectivity index (χ2v) is 13.1. The Labute approximate surface area is 245 Å². The monoisotopic (exact) mass is 609 g/mol. The van der Waals surface area contributed by atoms with E-state index < -0.39 is 0 Å². The number of carbonyl (C=O) groups is 4. The molecule has 2 fully saturated rings. The zero-order valence-electron chi connectivity index (χ0n) is 22.1. The van der Waals surface area contributed by atoms with Crippen molar-refractivity contribution >= 4 is 57.1 Å². The number of fused-ring (bicyclic) bond motifs is 1. The molecule has 3 atom stereocenters. The third-order valence-corrected chi connectivity index (χ3v) is 10.1. The van der Waals surface area contributed by atoms with Crippen LogP contribution in [0.2, 0.25) is 0 Å². The Bertz CT molecular complexity index is 1060. The van der Waals surface area contributed by atoms with Crippen LogP contribution in [0, 0.1) is 0 Å². The predicted molar refractivity (Wildman–Crippen MR) is 159 cm³/mol. The highest BCUT2D eigenvalue weighted by Gasteiger charge is 2.42. The van der Waals surface area contributed by atoms with E-state index in [0.717, 1.165) is 30.8 Å². The van der Waals surface area contributed by atoms with Crippen molar-refractivity contribution in [3.8, 4) is 0 Å². The van der Waals surface area contributed by atoms with Gasteiger partial charge in [0.25, 0.3) is 5.91 Å². The maximum Gasteiger partial charge on any atom is 0.315 e. The minimum absolute atomic E-state index is 0.0588. The topological polar surface area (TPSA) is 190 Å². The molecule has 13 nitrogen and oxygen atoms in total. The van der Waals surface area contributed by atoms with Crippen molar-refractivity contribution in [2.75, 3.05) is 36.9 Å². The van der Waals surface area contributed by atoms with Crippen molar-refractivity contribution < 1.29 is 19.2 Å². The average molecular weight is 610 g/mol. The molecule has 3 heterocycles. The molecule has 40 heavy (non-hydrogen) atoms. The minimum atomic E-state index is -0.296. The highest BCUT2D eigenvalue weighted by Crippen LogP contribution is 2.33. The summed E-state index contributed by atoms with van der Waals surface area (Å²) < 4.78 is 0. The van der Waals surface area contributed by atoms with Gasteiger partial charge in [0, 0.05) is 71.8 Å². The van der Waals surface area contributed by atoms with Gasteiger partial charge in [-0.05, 0) is 30.5 Å². The third-order valence-electron chi connectivity index (χ3n) is 6.20. The molecule has 0 spiro atoms. The van der Waals surface area contributed by atoms with Crippen LogP contribution in [-0.2, 0) is 16.1 Å². The molecule has 5 amide bonds. The molecule has 3 unspecified atom stereocenters. The molecular weight excluding hydrogens is 575 g/mol. The van der Waals surface area contributed by atoms with Gasteiger partial charge in [-0.2, -0.15) is 11.8 Å². The Morgan fingerprint density at radius 2 is 1.82 bits per heavy atom. The largest absolute Gasteiger partial charge is 0.355 e. The molecule has 0 saturated carbocycles. The Morgan fingerprint density at radius 1 is 1.05 bits per heavy atom. The van der Waals surface area contributed by atoms with E-state index in [2.05, 4.69) is 41.6 Å². The number of carbonyl (C=O) groups excluding carboxylic acids is 4. The number of urea groups is 1. The van der Waals surface area contributed by atoms with Gasteiger partial charge in [-0.25, -0.2) is 4.79 Å². The summed E-state index contributed by atoms with van der Waals surface area (Å²) in [6, 6.07) is 3.61. The van der Waals surface area contributed by atoms with Crippen molar-refractivity contribution in [3.63, 3.8) is 0 Å². The summed E-state index contributed by atoms with van der Waals surface area (Å²) in [6.45, 7) is 1.34. The molecule has 1 aromatic heterocycles. The maximum atomic E-state index is 12.1. The van der Waals surface area contributed by atoms with Crippen molar-refractivity contribution in [2.45, 2.75) is 56.0 Å². The van der Waals surface area contributed by atoms with Gasteiger partial charge in [0.1, 0.15) is 0 Å². The van der Waals surface area contributed by atoms with E-state index in [4.69, 9.17) is 5.53 Å². The van der Waals surface area contributed by atoms with Gasteiger partial charge in [0.05, 0.1) is 24.2 Å². The number of unbranched alkanes of at least 4 members (excludes halogenated alkanes) is 1. The summed E-state index contributed by atoms with van der Waals surface area (Å²) >= 11 is 1.89.